The van der Waals surface area contributed by atoms with Crippen molar-refractivity contribution < 1.29 is 0 Å². The minimum Gasteiger partial charge on any atom is -0.0642 e. The molecule has 248 valence electrons. The van der Waals surface area contributed by atoms with Crippen LogP contribution < -0.4 is 0 Å². The van der Waals surface area contributed by atoms with Gasteiger partial charge in [-0.2, -0.15) is 0 Å². The molecule has 0 saturated carbocycles. The second-order valence-corrected chi connectivity index (χ2v) is 15.8. The Balaban J connectivity index is 1.11. The van der Waals surface area contributed by atoms with Crippen LogP contribution in [0.25, 0.3) is 88.3 Å². The van der Waals surface area contributed by atoms with Gasteiger partial charge >= 0.3 is 0 Å². The molecule has 2 atom stereocenters. The number of fused-ring (bicyclic) bond motifs is 11. The van der Waals surface area contributed by atoms with Crippen LogP contribution in [0.15, 0.2) is 146 Å². The van der Waals surface area contributed by atoms with Gasteiger partial charge in [-0.15, -0.1) is 0 Å². The molecule has 0 nitrogen and oxygen atoms in total. The highest BCUT2D eigenvalue weighted by Crippen LogP contribution is 2.57. The summed E-state index contributed by atoms with van der Waals surface area (Å²) in [5.41, 5.74) is 22.0. The third kappa shape index (κ3) is 3.67. The zero-order chi connectivity index (χ0) is 34.9. The third-order valence-corrected chi connectivity index (χ3v) is 13.5. The van der Waals surface area contributed by atoms with Gasteiger partial charge < -0.3 is 0 Å². The molecule has 0 amide bonds. The summed E-state index contributed by atoms with van der Waals surface area (Å²) in [7, 11) is 0. The van der Waals surface area contributed by atoms with Gasteiger partial charge in [0, 0.05) is 10.8 Å². The summed E-state index contributed by atoms with van der Waals surface area (Å²) >= 11 is 0. The minimum atomic E-state index is -0.00580. The first-order chi connectivity index (χ1) is 25.4. The van der Waals surface area contributed by atoms with Crippen LogP contribution in [0, 0.1) is 0 Å². The summed E-state index contributed by atoms with van der Waals surface area (Å²) in [5, 5.41) is 5.38. The molecule has 0 radical (unpaired) electrons. The molecule has 0 spiro atoms. The molecule has 11 rings (SSSR count). The van der Waals surface area contributed by atoms with Gasteiger partial charge in [0.15, 0.2) is 0 Å². The Kier molecular flexibility index (Phi) is 6.01. The second kappa shape index (κ2) is 10.4. The van der Waals surface area contributed by atoms with E-state index in [1.165, 1.54) is 111 Å². The van der Waals surface area contributed by atoms with Crippen LogP contribution >= 0.6 is 0 Å². The van der Waals surface area contributed by atoms with Crippen LogP contribution in [0.5, 0.6) is 0 Å². The predicted octanol–water partition coefficient (Wildman–Crippen LogP) is 14.4. The maximum absolute atomic E-state index is 2.52. The van der Waals surface area contributed by atoms with Crippen molar-refractivity contribution in [2.45, 2.75) is 51.4 Å². The molecule has 0 bridgehead atoms. The second-order valence-electron chi connectivity index (χ2n) is 15.8. The zero-order valence-electron chi connectivity index (χ0n) is 30.3. The molecule has 0 fully saturated rings. The SMILES string of the molecule is CCC1(C)c2ccccc2-c2ccc(-c3ccc4c(c3)-c3cccc5c(-c6ccc7c(c6)C(C)(CC)c6ccccc6-7)c6ccccc6c-4c35)cc21. The van der Waals surface area contributed by atoms with E-state index in [0.717, 1.165) is 12.8 Å². The molecule has 0 aromatic heterocycles. The lowest BCUT2D eigenvalue weighted by molar-refractivity contribution is 0.564. The number of hydrogen-bond acceptors (Lipinski definition) is 0. The highest BCUT2D eigenvalue weighted by Gasteiger charge is 2.39. The Labute approximate surface area is 306 Å². The lowest BCUT2D eigenvalue weighted by Gasteiger charge is -2.26. The van der Waals surface area contributed by atoms with Gasteiger partial charge in [0.25, 0.3) is 0 Å². The van der Waals surface area contributed by atoms with Crippen LogP contribution in [0.4, 0.5) is 0 Å². The van der Waals surface area contributed by atoms with Crippen molar-refractivity contribution >= 4 is 21.5 Å². The topological polar surface area (TPSA) is 0 Å². The van der Waals surface area contributed by atoms with Gasteiger partial charge in [-0.3, -0.25) is 0 Å². The molecule has 0 heterocycles. The molecule has 0 saturated heterocycles. The Morgan fingerprint density at radius 1 is 0.346 bits per heavy atom. The molecule has 0 N–H and O–H groups in total. The Bertz CT molecular complexity index is 2850. The van der Waals surface area contributed by atoms with Gasteiger partial charge in [0.2, 0.25) is 0 Å². The average molecular weight is 665 g/mol. The van der Waals surface area contributed by atoms with E-state index in [4.69, 9.17) is 0 Å². The van der Waals surface area contributed by atoms with Crippen molar-refractivity contribution in [3.8, 4) is 66.8 Å². The van der Waals surface area contributed by atoms with Crippen LogP contribution in [0.2, 0.25) is 0 Å². The molecule has 8 aromatic rings. The fourth-order valence-corrected chi connectivity index (χ4v) is 10.5. The number of hydrogen-bond donors (Lipinski definition) is 0. The fourth-order valence-electron chi connectivity index (χ4n) is 10.5. The van der Waals surface area contributed by atoms with Crippen molar-refractivity contribution in [2.24, 2.45) is 0 Å². The highest BCUT2D eigenvalue weighted by atomic mass is 14.4. The van der Waals surface area contributed by atoms with Gasteiger partial charge in [-0.05, 0) is 142 Å². The molecule has 3 aliphatic carbocycles. The Morgan fingerprint density at radius 2 is 0.808 bits per heavy atom. The Morgan fingerprint density at radius 3 is 1.44 bits per heavy atom. The first-order valence-corrected chi connectivity index (χ1v) is 19.1. The standard InChI is InChI=1S/C52H40/c1-5-51(3)44-20-11-9-14-34(44)36-25-22-32(29-46(36)51)31-23-27-41-43(28-31)40-18-13-19-42-48(38-16-7-8-17-39(38)49(41)50(40)42)33-24-26-37-35-15-10-12-21-45(35)52(4,6-2)47(37)30-33/h7-30H,5-6H2,1-4H3. The maximum atomic E-state index is 2.52. The van der Waals surface area contributed by atoms with Crippen molar-refractivity contribution in [1.29, 1.82) is 0 Å². The average Bonchev–Trinajstić information content (AvgIpc) is 3.77. The van der Waals surface area contributed by atoms with E-state index in [1.807, 2.05) is 0 Å². The lowest BCUT2D eigenvalue weighted by Crippen LogP contribution is -2.19. The summed E-state index contributed by atoms with van der Waals surface area (Å²) in [6.45, 7) is 9.52. The minimum absolute atomic E-state index is 0.00580. The monoisotopic (exact) mass is 664 g/mol. The summed E-state index contributed by atoms with van der Waals surface area (Å²) in [6, 6.07) is 55.8. The maximum Gasteiger partial charge on any atom is 0.0184 e. The van der Waals surface area contributed by atoms with Crippen molar-refractivity contribution in [1.82, 2.24) is 0 Å². The van der Waals surface area contributed by atoms with Crippen LogP contribution in [-0.4, -0.2) is 0 Å². The predicted molar refractivity (Wildman–Crippen MR) is 221 cm³/mol. The Hall–Kier alpha value is -5.72. The van der Waals surface area contributed by atoms with Gasteiger partial charge in [-0.1, -0.05) is 155 Å². The van der Waals surface area contributed by atoms with Crippen molar-refractivity contribution in [3.05, 3.63) is 168 Å². The first kappa shape index (κ1) is 30.0. The van der Waals surface area contributed by atoms with Crippen LogP contribution in [0.1, 0.15) is 62.8 Å². The first-order valence-electron chi connectivity index (χ1n) is 19.1. The van der Waals surface area contributed by atoms with Gasteiger partial charge in [-0.25, -0.2) is 0 Å². The van der Waals surface area contributed by atoms with E-state index in [2.05, 4.69) is 173 Å². The summed E-state index contributed by atoms with van der Waals surface area (Å²) in [6.07, 6.45) is 2.14. The van der Waals surface area contributed by atoms with Crippen LogP contribution in [-0.2, 0) is 10.8 Å². The van der Waals surface area contributed by atoms with Gasteiger partial charge in [0.05, 0.1) is 0 Å². The van der Waals surface area contributed by atoms with E-state index in [0.29, 0.717) is 0 Å². The normalized spacial score (nSPS) is 18.7. The van der Waals surface area contributed by atoms with E-state index in [-0.39, 0.29) is 10.8 Å². The molecule has 3 aliphatic rings. The molecular formula is C52H40. The summed E-state index contributed by atoms with van der Waals surface area (Å²) in [4.78, 5) is 0. The number of benzene rings is 8. The highest BCUT2D eigenvalue weighted by molar-refractivity contribution is 6.29. The zero-order valence-corrected chi connectivity index (χ0v) is 30.3. The molecule has 52 heavy (non-hydrogen) atoms. The molecule has 2 unspecified atom stereocenters. The van der Waals surface area contributed by atoms with E-state index >= 15 is 0 Å². The molecule has 0 heteroatoms. The van der Waals surface area contributed by atoms with Crippen molar-refractivity contribution in [2.75, 3.05) is 0 Å². The smallest absolute Gasteiger partial charge is 0.0184 e. The summed E-state index contributed by atoms with van der Waals surface area (Å²) < 4.78 is 0. The van der Waals surface area contributed by atoms with E-state index < -0.39 is 0 Å². The molecular weight excluding hydrogens is 625 g/mol. The van der Waals surface area contributed by atoms with Crippen LogP contribution in [0.3, 0.4) is 0 Å². The third-order valence-electron chi connectivity index (χ3n) is 13.5. The van der Waals surface area contributed by atoms with Gasteiger partial charge in [0.1, 0.15) is 0 Å². The lowest BCUT2D eigenvalue weighted by atomic mass is 9.77. The quantitative estimate of drug-likeness (QED) is 0.164. The summed E-state index contributed by atoms with van der Waals surface area (Å²) in [5.74, 6) is 0. The van der Waals surface area contributed by atoms with Crippen molar-refractivity contribution in [3.63, 3.8) is 0 Å². The van der Waals surface area contributed by atoms with E-state index in [1.54, 1.807) is 0 Å². The largest absolute Gasteiger partial charge is 0.0642 e. The van der Waals surface area contributed by atoms with E-state index in [9.17, 15) is 0 Å². The molecule has 0 aliphatic heterocycles. The molecule has 8 aromatic carbocycles. The fraction of sp³-hybridized carbons (Fsp3) is 0.154. The number of rotatable bonds is 4.